The number of aromatic nitrogens is 4. The summed E-state index contributed by atoms with van der Waals surface area (Å²) in [6.45, 7) is 1.68. The average molecular weight is 519 g/mol. The number of fused-ring (bicyclic) bond motifs is 1. The van der Waals surface area contributed by atoms with Crippen molar-refractivity contribution in [1.29, 1.82) is 5.26 Å². The molecule has 0 aliphatic heterocycles. The van der Waals surface area contributed by atoms with Gasteiger partial charge in [0.1, 0.15) is 34.3 Å². The third-order valence-electron chi connectivity index (χ3n) is 6.14. The van der Waals surface area contributed by atoms with Gasteiger partial charge in [0.2, 0.25) is 5.88 Å². The fourth-order valence-corrected chi connectivity index (χ4v) is 4.07. The molecular formula is C29H22N6O4. The Balaban J connectivity index is 1.57. The van der Waals surface area contributed by atoms with Crippen LogP contribution < -0.4 is 21.2 Å². The SMILES string of the molecule is Cc1c(NC(=O)C(C#N)=Cc2c(Oc3ccccc3)nc3ccccn3c2=O)c(=O)n(-c2ccccc2)n1C. The molecule has 39 heavy (non-hydrogen) atoms. The second-order valence-corrected chi connectivity index (χ2v) is 8.54. The Morgan fingerprint density at radius 1 is 0.974 bits per heavy atom. The van der Waals surface area contributed by atoms with E-state index in [-0.39, 0.29) is 17.1 Å². The molecule has 0 atom stereocenters. The molecule has 1 amide bonds. The van der Waals surface area contributed by atoms with Crippen molar-refractivity contribution in [1.82, 2.24) is 18.7 Å². The molecule has 192 valence electrons. The Kier molecular flexibility index (Phi) is 6.63. The maximum absolute atomic E-state index is 13.4. The van der Waals surface area contributed by atoms with Crippen LogP contribution in [0.3, 0.4) is 0 Å². The van der Waals surface area contributed by atoms with Gasteiger partial charge in [-0.25, -0.2) is 4.68 Å². The normalized spacial score (nSPS) is 11.3. The number of nitrogens with one attached hydrogen (secondary N) is 1. The van der Waals surface area contributed by atoms with Gasteiger partial charge < -0.3 is 10.1 Å². The van der Waals surface area contributed by atoms with Gasteiger partial charge in [-0.1, -0.05) is 42.5 Å². The number of ether oxygens (including phenoxy) is 1. The molecule has 0 radical (unpaired) electrons. The Hall–Kier alpha value is -5.69. The van der Waals surface area contributed by atoms with E-state index in [2.05, 4.69) is 10.3 Å². The lowest BCUT2D eigenvalue weighted by atomic mass is 10.1. The topological polar surface area (TPSA) is 123 Å². The highest BCUT2D eigenvalue weighted by atomic mass is 16.5. The molecule has 3 aromatic heterocycles. The molecule has 3 heterocycles. The number of carbonyl (C=O) groups is 1. The maximum Gasteiger partial charge on any atom is 0.295 e. The van der Waals surface area contributed by atoms with Gasteiger partial charge in [0.15, 0.2) is 0 Å². The number of anilines is 1. The van der Waals surface area contributed by atoms with Crippen LogP contribution in [0.5, 0.6) is 11.6 Å². The van der Waals surface area contributed by atoms with E-state index in [4.69, 9.17) is 4.74 Å². The van der Waals surface area contributed by atoms with Crippen LogP contribution in [0.4, 0.5) is 5.69 Å². The first-order chi connectivity index (χ1) is 18.9. The lowest BCUT2D eigenvalue weighted by Crippen LogP contribution is -2.24. The smallest absolute Gasteiger partial charge is 0.295 e. The zero-order chi connectivity index (χ0) is 27.5. The molecule has 5 rings (SSSR count). The number of nitrogens with zero attached hydrogens (tertiary/aromatic N) is 5. The van der Waals surface area contributed by atoms with Crippen molar-refractivity contribution in [3.8, 4) is 23.4 Å². The predicted octanol–water partition coefficient (Wildman–Crippen LogP) is 3.83. The minimum absolute atomic E-state index is 0.0154. The van der Waals surface area contributed by atoms with E-state index in [1.807, 2.05) is 18.2 Å². The highest BCUT2D eigenvalue weighted by Gasteiger charge is 2.22. The van der Waals surface area contributed by atoms with Gasteiger partial charge in [0.05, 0.1) is 11.4 Å². The summed E-state index contributed by atoms with van der Waals surface area (Å²) in [6.07, 6.45) is 2.65. The van der Waals surface area contributed by atoms with Crippen LogP contribution in [0.2, 0.25) is 0 Å². The number of hydrogen-bond donors (Lipinski definition) is 1. The first-order valence-corrected chi connectivity index (χ1v) is 11.9. The van der Waals surface area contributed by atoms with E-state index in [1.54, 1.807) is 85.4 Å². The van der Waals surface area contributed by atoms with Crippen LogP contribution in [0, 0.1) is 18.3 Å². The molecule has 5 aromatic rings. The molecule has 10 nitrogen and oxygen atoms in total. The highest BCUT2D eigenvalue weighted by molar-refractivity contribution is 6.10. The quantitative estimate of drug-likeness (QED) is 0.269. The summed E-state index contributed by atoms with van der Waals surface area (Å²) in [5, 5.41) is 12.4. The third-order valence-corrected chi connectivity index (χ3v) is 6.14. The average Bonchev–Trinajstić information content (AvgIpc) is 3.16. The van der Waals surface area contributed by atoms with E-state index in [0.29, 0.717) is 22.8 Å². The Labute approximate surface area is 222 Å². The van der Waals surface area contributed by atoms with Crippen molar-refractivity contribution in [2.24, 2.45) is 7.05 Å². The van der Waals surface area contributed by atoms with Crippen molar-refractivity contribution in [3.05, 3.63) is 123 Å². The van der Waals surface area contributed by atoms with Gasteiger partial charge in [-0.15, -0.1) is 0 Å². The Morgan fingerprint density at radius 2 is 1.64 bits per heavy atom. The predicted molar refractivity (Wildman–Crippen MR) is 146 cm³/mol. The standard InChI is InChI=1S/C29H22N6O4/c1-19-25(29(38)35(33(19)2)21-11-5-3-6-12-21)32-26(36)20(18-30)17-23-27(39-22-13-7-4-8-14-22)31-24-15-9-10-16-34(24)28(23)37/h3-17H,1-2H3,(H,32,36). The van der Waals surface area contributed by atoms with Gasteiger partial charge >= 0.3 is 0 Å². The fraction of sp³-hybridized carbons (Fsp3) is 0.0690. The summed E-state index contributed by atoms with van der Waals surface area (Å²) in [5.41, 5.74) is -0.0618. The van der Waals surface area contributed by atoms with E-state index in [1.165, 1.54) is 15.3 Å². The lowest BCUT2D eigenvalue weighted by molar-refractivity contribution is -0.112. The molecule has 1 N–H and O–H groups in total. The summed E-state index contributed by atoms with van der Waals surface area (Å²) in [7, 11) is 1.69. The summed E-state index contributed by atoms with van der Waals surface area (Å²) in [4.78, 5) is 44.3. The largest absolute Gasteiger partial charge is 0.438 e. The monoisotopic (exact) mass is 518 g/mol. The van der Waals surface area contributed by atoms with E-state index < -0.39 is 22.6 Å². The number of amides is 1. The molecule has 0 bridgehead atoms. The van der Waals surface area contributed by atoms with Gasteiger partial charge in [-0.3, -0.25) is 23.5 Å². The molecule has 0 fully saturated rings. The molecule has 0 aliphatic carbocycles. The second kappa shape index (κ2) is 10.4. The maximum atomic E-state index is 13.4. The summed E-state index contributed by atoms with van der Waals surface area (Å²) < 4.78 is 10.2. The molecule has 0 saturated carbocycles. The molecule has 0 aliphatic rings. The molecule has 2 aromatic carbocycles. The minimum atomic E-state index is -0.855. The van der Waals surface area contributed by atoms with Crippen LogP contribution in [0.1, 0.15) is 11.3 Å². The molecular weight excluding hydrogens is 496 g/mol. The number of benzene rings is 2. The van der Waals surface area contributed by atoms with Crippen LogP contribution in [0.15, 0.2) is 100 Å². The van der Waals surface area contributed by atoms with E-state index in [9.17, 15) is 19.6 Å². The van der Waals surface area contributed by atoms with Crippen molar-refractivity contribution in [3.63, 3.8) is 0 Å². The number of rotatable bonds is 6. The van der Waals surface area contributed by atoms with Gasteiger partial charge in [-0.05, 0) is 49.4 Å². The number of para-hydroxylation sites is 2. The summed E-state index contributed by atoms with van der Waals surface area (Å²) >= 11 is 0. The van der Waals surface area contributed by atoms with Crippen LogP contribution in [0.25, 0.3) is 17.4 Å². The first-order valence-electron chi connectivity index (χ1n) is 11.9. The van der Waals surface area contributed by atoms with Gasteiger partial charge in [-0.2, -0.15) is 10.2 Å². The molecule has 0 saturated heterocycles. The number of pyridine rings is 1. The molecule has 0 unspecified atom stereocenters. The number of carbonyl (C=O) groups excluding carboxylic acids is 1. The zero-order valence-electron chi connectivity index (χ0n) is 21.0. The van der Waals surface area contributed by atoms with Crippen LogP contribution >= 0.6 is 0 Å². The summed E-state index contributed by atoms with van der Waals surface area (Å²) in [6, 6.07) is 24.5. The van der Waals surface area contributed by atoms with Crippen molar-refractivity contribution in [2.45, 2.75) is 6.92 Å². The second-order valence-electron chi connectivity index (χ2n) is 8.54. The summed E-state index contributed by atoms with van der Waals surface area (Å²) in [5.74, 6) is -0.504. The third kappa shape index (κ3) is 4.72. The first kappa shape index (κ1) is 25.0. The van der Waals surface area contributed by atoms with Crippen molar-refractivity contribution >= 4 is 23.3 Å². The van der Waals surface area contributed by atoms with Gasteiger partial charge in [0, 0.05) is 13.2 Å². The van der Waals surface area contributed by atoms with Gasteiger partial charge in [0.25, 0.3) is 17.0 Å². The number of nitriles is 1. The van der Waals surface area contributed by atoms with Crippen LogP contribution in [-0.4, -0.2) is 24.7 Å². The minimum Gasteiger partial charge on any atom is -0.438 e. The van der Waals surface area contributed by atoms with E-state index >= 15 is 0 Å². The zero-order valence-corrected chi connectivity index (χ0v) is 21.0. The fourth-order valence-electron chi connectivity index (χ4n) is 4.07. The Morgan fingerprint density at radius 3 is 2.33 bits per heavy atom. The lowest BCUT2D eigenvalue weighted by Gasteiger charge is -2.10. The van der Waals surface area contributed by atoms with Crippen LogP contribution in [-0.2, 0) is 11.8 Å². The van der Waals surface area contributed by atoms with Crippen molar-refractivity contribution < 1.29 is 9.53 Å². The highest BCUT2D eigenvalue weighted by Crippen LogP contribution is 2.24. The molecule has 0 spiro atoms. The van der Waals surface area contributed by atoms with E-state index in [0.717, 1.165) is 6.08 Å². The molecule has 10 heteroatoms. The number of hydrogen-bond acceptors (Lipinski definition) is 6. The Bertz CT molecular complexity index is 1890. The van der Waals surface area contributed by atoms with Crippen molar-refractivity contribution in [2.75, 3.05) is 5.32 Å².